The van der Waals surface area contributed by atoms with Crippen molar-refractivity contribution >= 4 is 40.5 Å². The van der Waals surface area contributed by atoms with Gasteiger partial charge in [-0.15, -0.1) is 0 Å². The zero-order valence-electron chi connectivity index (χ0n) is 14.4. The number of para-hydroxylation sites is 1. The number of nitrogens with one attached hydrogen (secondary N) is 1. The van der Waals surface area contributed by atoms with Crippen LogP contribution in [0.5, 0.6) is 0 Å². The third-order valence-corrected chi connectivity index (χ3v) is 4.24. The van der Waals surface area contributed by atoms with Crippen molar-refractivity contribution in [1.82, 2.24) is 0 Å². The van der Waals surface area contributed by atoms with E-state index < -0.39 is 11.8 Å². The van der Waals surface area contributed by atoms with Gasteiger partial charge in [-0.25, -0.2) is 0 Å². The van der Waals surface area contributed by atoms with Gasteiger partial charge < -0.3 is 11.1 Å². The second-order valence-corrected chi connectivity index (χ2v) is 6.31. The Bertz CT molecular complexity index is 946. The third kappa shape index (κ3) is 4.65. The lowest BCUT2D eigenvalue weighted by molar-refractivity contribution is -0.134. The molecule has 3 N–H and O–H groups in total. The highest BCUT2D eigenvalue weighted by atomic mass is 35.5. The van der Waals surface area contributed by atoms with Crippen LogP contribution < -0.4 is 16.0 Å². The van der Waals surface area contributed by atoms with Crippen molar-refractivity contribution in [2.45, 2.75) is 6.54 Å². The van der Waals surface area contributed by atoms with Gasteiger partial charge in [0.1, 0.15) is 0 Å². The molecule has 3 aromatic rings. The van der Waals surface area contributed by atoms with Crippen LogP contribution in [0.1, 0.15) is 5.56 Å². The Balaban J connectivity index is 1.84. The molecule has 3 aromatic carbocycles. The van der Waals surface area contributed by atoms with Gasteiger partial charge in [-0.1, -0.05) is 60.1 Å². The normalized spacial score (nSPS) is 10.3. The van der Waals surface area contributed by atoms with E-state index in [1.165, 1.54) is 11.0 Å². The summed E-state index contributed by atoms with van der Waals surface area (Å²) in [5.74, 6) is -1.46. The van der Waals surface area contributed by atoms with E-state index >= 15 is 0 Å². The van der Waals surface area contributed by atoms with Gasteiger partial charge in [-0.05, 0) is 35.9 Å². The Morgan fingerprint density at radius 2 is 1.56 bits per heavy atom. The number of amides is 2. The molecular formula is C21H18ClN3O2. The predicted octanol–water partition coefficient (Wildman–Crippen LogP) is 4.09. The van der Waals surface area contributed by atoms with Crippen LogP contribution in [0.3, 0.4) is 0 Å². The summed E-state index contributed by atoms with van der Waals surface area (Å²) in [6.45, 7) is 0.270. The molecule has 0 aliphatic heterocycles. The molecule has 0 saturated heterocycles. The van der Waals surface area contributed by atoms with Crippen molar-refractivity contribution in [2.24, 2.45) is 0 Å². The molecule has 3 rings (SSSR count). The van der Waals surface area contributed by atoms with Gasteiger partial charge >= 0.3 is 11.8 Å². The van der Waals surface area contributed by atoms with Gasteiger partial charge in [0.2, 0.25) is 0 Å². The molecule has 6 heteroatoms. The molecule has 0 aliphatic carbocycles. The van der Waals surface area contributed by atoms with E-state index in [1.54, 1.807) is 24.3 Å². The van der Waals surface area contributed by atoms with E-state index in [2.05, 4.69) is 5.32 Å². The fraction of sp³-hybridized carbons (Fsp3) is 0.0476. The number of rotatable bonds is 4. The standard InChI is InChI=1S/C21H18ClN3O2/c22-18-13-16(23)11-12-19(18)24-20(26)21(27)25(17-9-5-2-6-10-17)14-15-7-3-1-4-8-15/h1-13H,14,23H2,(H,24,26). The Labute approximate surface area is 162 Å². The number of carbonyl (C=O) groups excluding carboxylic acids is 2. The predicted molar refractivity (Wildman–Crippen MR) is 109 cm³/mol. The highest BCUT2D eigenvalue weighted by Gasteiger charge is 2.24. The van der Waals surface area contributed by atoms with Crippen LogP contribution >= 0.6 is 11.6 Å². The summed E-state index contributed by atoms with van der Waals surface area (Å²) in [5, 5.41) is 2.82. The van der Waals surface area contributed by atoms with E-state index in [1.807, 2.05) is 48.5 Å². The van der Waals surface area contributed by atoms with Gasteiger partial charge in [0, 0.05) is 11.4 Å². The number of hydrogen-bond donors (Lipinski definition) is 2. The maximum absolute atomic E-state index is 12.9. The molecule has 0 atom stereocenters. The molecular weight excluding hydrogens is 362 g/mol. The fourth-order valence-corrected chi connectivity index (χ4v) is 2.82. The van der Waals surface area contributed by atoms with E-state index in [-0.39, 0.29) is 11.6 Å². The number of benzene rings is 3. The highest BCUT2D eigenvalue weighted by Crippen LogP contribution is 2.24. The van der Waals surface area contributed by atoms with Crippen molar-refractivity contribution < 1.29 is 9.59 Å². The zero-order chi connectivity index (χ0) is 19.2. The summed E-state index contributed by atoms with van der Waals surface area (Å²) in [6, 6.07) is 23.2. The molecule has 2 amide bonds. The molecule has 0 heterocycles. The zero-order valence-corrected chi connectivity index (χ0v) is 15.2. The monoisotopic (exact) mass is 379 g/mol. The molecule has 0 saturated carbocycles. The Hall–Kier alpha value is -3.31. The largest absolute Gasteiger partial charge is 0.399 e. The summed E-state index contributed by atoms with van der Waals surface area (Å²) >= 11 is 6.09. The molecule has 0 spiro atoms. The quantitative estimate of drug-likeness (QED) is 0.529. The van der Waals surface area contributed by atoms with E-state index in [0.29, 0.717) is 17.1 Å². The lowest BCUT2D eigenvalue weighted by Gasteiger charge is -2.22. The van der Waals surface area contributed by atoms with Crippen LogP contribution in [0.2, 0.25) is 5.02 Å². The Morgan fingerprint density at radius 3 is 2.19 bits per heavy atom. The molecule has 0 aliphatic rings. The second-order valence-electron chi connectivity index (χ2n) is 5.91. The van der Waals surface area contributed by atoms with Crippen LogP contribution in [0, 0.1) is 0 Å². The molecule has 0 unspecified atom stereocenters. The molecule has 0 fully saturated rings. The smallest absolute Gasteiger partial charge is 0.316 e. The first-order chi connectivity index (χ1) is 13.0. The maximum atomic E-state index is 12.9. The summed E-state index contributed by atoms with van der Waals surface area (Å²) in [4.78, 5) is 26.9. The summed E-state index contributed by atoms with van der Waals surface area (Å²) < 4.78 is 0. The number of anilines is 3. The first-order valence-electron chi connectivity index (χ1n) is 8.31. The minimum Gasteiger partial charge on any atom is -0.399 e. The molecule has 27 heavy (non-hydrogen) atoms. The van der Waals surface area contributed by atoms with Gasteiger partial charge in [0.25, 0.3) is 0 Å². The van der Waals surface area contributed by atoms with E-state index in [0.717, 1.165) is 5.56 Å². The minimum absolute atomic E-state index is 0.269. The molecule has 0 bridgehead atoms. The molecule has 5 nitrogen and oxygen atoms in total. The van der Waals surface area contributed by atoms with Gasteiger partial charge in [-0.2, -0.15) is 0 Å². The van der Waals surface area contributed by atoms with Crippen LogP contribution in [-0.4, -0.2) is 11.8 Å². The minimum atomic E-state index is -0.776. The van der Waals surface area contributed by atoms with Gasteiger partial charge in [0.05, 0.1) is 17.3 Å². The van der Waals surface area contributed by atoms with Crippen molar-refractivity contribution in [3.63, 3.8) is 0 Å². The highest BCUT2D eigenvalue weighted by molar-refractivity contribution is 6.45. The van der Waals surface area contributed by atoms with Crippen molar-refractivity contribution in [3.05, 3.63) is 89.4 Å². The lowest BCUT2D eigenvalue weighted by Crippen LogP contribution is -2.39. The number of halogens is 1. The van der Waals surface area contributed by atoms with Gasteiger partial charge in [0.15, 0.2) is 0 Å². The van der Waals surface area contributed by atoms with Crippen LogP contribution in [-0.2, 0) is 16.1 Å². The molecule has 0 aromatic heterocycles. The van der Waals surface area contributed by atoms with Crippen molar-refractivity contribution in [1.29, 1.82) is 0 Å². The third-order valence-electron chi connectivity index (χ3n) is 3.93. The summed E-state index contributed by atoms with van der Waals surface area (Å²) in [5.41, 5.74) is 8.00. The molecule has 0 radical (unpaired) electrons. The maximum Gasteiger partial charge on any atom is 0.316 e. The Morgan fingerprint density at radius 1 is 0.926 bits per heavy atom. The fourth-order valence-electron chi connectivity index (χ4n) is 2.59. The summed E-state index contributed by atoms with van der Waals surface area (Å²) in [7, 11) is 0. The first-order valence-corrected chi connectivity index (χ1v) is 8.69. The van der Waals surface area contributed by atoms with E-state index in [4.69, 9.17) is 17.3 Å². The van der Waals surface area contributed by atoms with Crippen LogP contribution in [0.15, 0.2) is 78.9 Å². The number of hydrogen-bond acceptors (Lipinski definition) is 3. The van der Waals surface area contributed by atoms with Gasteiger partial charge in [-0.3, -0.25) is 14.5 Å². The number of nitrogen functional groups attached to an aromatic ring is 1. The van der Waals surface area contributed by atoms with Crippen LogP contribution in [0.4, 0.5) is 17.1 Å². The first kappa shape index (κ1) is 18.5. The summed E-state index contributed by atoms with van der Waals surface area (Å²) in [6.07, 6.45) is 0. The lowest BCUT2D eigenvalue weighted by atomic mass is 10.2. The molecule has 136 valence electrons. The van der Waals surface area contributed by atoms with E-state index in [9.17, 15) is 9.59 Å². The SMILES string of the molecule is Nc1ccc(NC(=O)C(=O)N(Cc2ccccc2)c2ccccc2)c(Cl)c1. The average molecular weight is 380 g/mol. The average Bonchev–Trinajstić information content (AvgIpc) is 2.69. The number of nitrogens with zero attached hydrogens (tertiary/aromatic N) is 1. The van der Waals surface area contributed by atoms with Crippen molar-refractivity contribution in [2.75, 3.05) is 16.0 Å². The second kappa shape index (κ2) is 8.38. The topological polar surface area (TPSA) is 75.4 Å². The van der Waals surface area contributed by atoms with Crippen molar-refractivity contribution in [3.8, 4) is 0 Å². The Kier molecular flexibility index (Phi) is 5.74. The van der Waals surface area contributed by atoms with Crippen LogP contribution in [0.25, 0.3) is 0 Å². The number of carbonyl (C=O) groups is 2. The number of nitrogens with two attached hydrogens (primary N) is 1.